The number of aromatic hydroxyl groups is 3. The van der Waals surface area contributed by atoms with Gasteiger partial charge in [0.25, 0.3) is 0 Å². The Kier molecular flexibility index (Phi) is 4.18. The van der Waals surface area contributed by atoms with E-state index in [2.05, 4.69) is 4.98 Å². The van der Waals surface area contributed by atoms with Crippen LogP contribution in [0.1, 0.15) is 0 Å². The molecule has 124 valence electrons. The van der Waals surface area contributed by atoms with Crippen molar-refractivity contribution in [2.45, 2.75) is 0 Å². The van der Waals surface area contributed by atoms with Gasteiger partial charge in [0.2, 0.25) is 0 Å². The van der Waals surface area contributed by atoms with Crippen LogP contribution in [0.4, 0.5) is 0 Å². The summed E-state index contributed by atoms with van der Waals surface area (Å²) in [5, 5.41) is 31.7. The number of hydrogen-bond donors (Lipinski definition) is 3. The van der Waals surface area contributed by atoms with Crippen LogP contribution in [0.25, 0.3) is 21.8 Å². The minimum atomic E-state index is -0.239. The molecule has 7 heteroatoms. The fourth-order valence-electron chi connectivity index (χ4n) is 2.35. The second-order valence-electron chi connectivity index (χ2n) is 4.97. The molecule has 0 aliphatic rings. The third-order valence-corrected chi connectivity index (χ3v) is 4.36. The molecule has 0 radical (unpaired) electrons. The molecule has 24 heavy (non-hydrogen) atoms. The molecule has 0 amide bonds. The standard InChI is InChI=1S/C17H15NO5S/c1-22-14-4-3-9(5-15(14)23-2)17-18-11(8-24-17)16-12(20)6-10(19)7-13(16)21/h3-8,19-21H,1-2H3. The summed E-state index contributed by atoms with van der Waals surface area (Å²) in [7, 11) is 3.12. The highest BCUT2D eigenvalue weighted by atomic mass is 32.1. The predicted molar refractivity (Wildman–Crippen MR) is 91.1 cm³/mol. The Hall–Kier alpha value is -2.93. The number of thiazole rings is 1. The second-order valence-corrected chi connectivity index (χ2v) is 5.82. The molecule has 6 nitrogen and oxygen atoms in total. The van der Waals surface area contributed by atoms with Crippen LogP contribution >= 0.6 is 11.3 Å². The van der Waals surface area contributed by atoms with Crippen molar-refractivity contribution in [1.82, 2.24) is 4.98 Å². The highest BCUT2D eigenvalue weighted by Crippen LogP contribution is 2.42. The molecular weight excluding hydrogens is 330 g/mol. The van der Waals surface area contributed by atoms with Crippen LogP contribution in [0.15, 0.2) is 35.7 Å². The zero-order valence-corrected chi connectivity index (χ0v) is 13.8. The lowest BCUT2D eigenvalue weighted by Gasteiger charge is -2.08. The quantitative estimate of drug-likeness (QED) is 0.669. The molecular formula is C17H15NO5S. The number of phenolic OH excluding ortho intramolecular Hbond substituents is 3. The predicted octanol–water partition coefficient (Wildman–Crippen LogP) is 3.61. The molecule has 1 heterocycles. The number of benzene rings is 2. The van der Waals surface area contributed by atoms with Crippen LogP contribution in [0, 0.1) is 0 Å². The third kappa shape index (κ3) is 2.81. The van der Waals surface area contributed by atoms with Gasteiger partial charge in [0, 0.05) is 23.1 Å². The van der Waals surface area contributed by atoms with Crippen LogP contribution in [0.5, 0.6) is 28.7 Å². The largest absolute Gasteiger partial charge is 0.508 e. The molecule has 0 unspecified atom stereocenters. The molecule has 0 atom stereocenters. The van der Waals surface area contributed by atoms with Gasteiger partial charge >= 0.3 is 0 Å². The summed E-state index contributed by atoms with van der Waals surface area (Å²) >= 11 is 1.36. The van der Waals surface area contributed by atoms with E-state index in [0.29, 0.717) is 22.2 Å². The number of ether oxygens (including phenoxy) is 2. The van der Waals surface area contributed by atoms with E-state index in [1.807, 2.05) is 6.07 Å². The van der Waals surface area contributed by atoms with Crippen molar-refractivity contribution in [3.8, 4) is 50.6 Å². The normalized spacial score (nSPS) is 10.6. The van der Waals surface area contributed by atoms with Crippen LogP contribution in [0.2, 0.25) is 0 Å². The highest BCUT2D eigenvalue weighted by molar-refractivity contribution is 7.13. The molecule has 0 aliphatic heterocycles. The Morgan fingerprint density at radius 3 is 2.21 bits per heavy atom. The summed E-state index contributed by atoms with van der Waals surface area (Å²) < 4.78 is 10.5. The molecule has 3 rings (SSSR count). The number of hydrogen-bond acceptors (Lipinski definition) is 7. The van der Waals surface area contributed by atoms with Crippen molar-refractivity contribution in [2.75, 3.05) is 14.2 Å². The van der Waals surface area contributed by atoms with Crippen LogP contribution in [-0.4, -0.2) is 34.5 Å². The Morgan fingerprint density at radius 2 is 1.58 bits per heavy atom. The molecule has 0 saturated heterocycles. The number of phenols is 3. The summed E-state index contributed by atoms with van der Waals surface area (Å²) in [4.78, 5) is 4.45. The molecule has 3 N–H and O–H groups in total. The third-order valence-electron chi connectivity index (χ3n) is 3.47. The Morgan fingerprint density at radius 1 is 0.917 bits per heavy atom. The maximum Gasteiger partial charge on any atom is 0.161 e. The first-order chi connectivity index (χ1) is 11.5. The summed E-state index contributed by atoms with van der Waals surface area (Å²) in [6, 6.07) is 7.75. The fraction of sp³-hybridized carbons (Fsp3) is 0.118. The van der Waals surface area contributed by atoms with Crippen molar-refractivity contribution in [2.24, 2.45) is 0 Å². The molecule has 0 aliphatic carbocycles. The van der Waals surface area contributed by atoms with E-state index in [-0.39, 0.29) is 22.8 Å². The van der Waals surface area contributed by atoms with Crippen molar-refractivity contribution < 1.29 is 24.8 Å². The van der Waals surface area contributed by atoms with Gasteiger partial charge in [-0.15, -0.1) is 11.3 Å². The Labute approximate surface area is 142 Å². The first-order valence-corrected chi connectivity index (χ1v) is 7.84. The van der Waals surface area contributed by atoms with Gasteiger partial charge in [-0.2, -0.15) is 0 Å². The molecule has 0 fully saturated rings. The maximum atomic E-state index is 9.96. The van der Waals surface area contributed by atoms with E-state index in [9.17, 15) is 15.3 Å². The number of rotatable bonds is 4. The number of nitrogens with zero attached hydrogens (tertiary/aromatic N) is 1. The lowest BCUT2D eigenvalue weighted by Crippen LogP contribution is -1.90. The molecule has 1 aromatic heterocycles. The lowest BCUT2D eigenvalue weighted by molar-refractivity contribution is 0.355. The first kappa shape index (κ1) is 15.9. The summed E-state index contributed by atoms with van der Waals surface area (Å²) in [5.41, 5.74) is 1.41. The topological polar surface area (TPSA) is 92.0 Å². The molecule has 3 aromatic rings. The van der Waals surface area contributed by atoms with Crippen molar-refractivity contribution in [3.05, 3.63) is 35.7 Å². The summed E-state index contributed by atoms with van der Waals surface area (Å²) in [6.07, 6.45) is 0. The van der Waals surface area contributed by atoms with Crippen molar-refractivity contribution in [3.63, 3.8) is 0 Å². The Bertz CT molecular complexity index is 867. The van der Waals surface area contributed by atoms with E-state index in [0.717, 1.165) is 17.7 Å². The maximum absolute atomic E-state index is 9.96. The molecule has 2 aromatic carbocycles. The van der Waals surface area contributed by atoms with Crippen molar-refractivity contribution >= 4 is 11.3 Å². The average molecular weight is 345 g/mol. The minimum absolute atomic E-state index is 0.177. The summed E-state index contributed by atoms with van der Waals surface area (Å²) in [6.45, 7) is 0. The molecule has 0 saturated carbocycles. The zero-order chi connectivity index (χ0) is 17.3. The van der Waals surface area contributed by atoms with E-state index < -0.39 is 0 Å². The van der Waals surface area contributed by atoms with E-state index in [4.69, 9.17) is 9.47 Å². The fourth-order valence-corrected chi connectivity index (χ4v) is 3.16. The van der Waals surface area contributed by atoms with Crippen LogP contribution in [-0.2, 0) is 0 Å². The van der Waals surface area contributed by atoms with Gasteiger partial charge in [-0.3, -0.25) is 0 Å². The van der Waals surface area contributed by atoms with Crippen LogP contribution in [0.3, 0.4) is 0 Å². The van der Waals surface area contributed by atoms with Crippen molar-refractivity contribution in [1.29, 1.82) is 0 Å². The smallest absolute Gasteiger partial charge is 0.161 e. The monoisotopic (exact) mass is 345 g/mol. The zero-order valence-electron chi connectivity index (χ0n) is 13.0. The van der Waals surface area contributed by atoms with Gasteiger partial charge in [-0.1, -0.05) is 0 Å². The number of aromatic nitrogens is 1. The summed E-state index contributed by atoms with van der Waals surface area (Å²) in [5.74, 6) is 0.506. The average Bonchev–Trinajstić information content (AvgIpc) is 3.02. The number of methoxy groups -OCH3 is 2. The van der Waals surface area contributed by atoms with Gasteiger partial charge in [0.15, 0.2) is 11.5 Å². The highest BCUT2D eigenvalue weighted by Gasteiger charge is 2.16. The van der Waals surface area contributed by atoms with E-state index in [1.165, 1.54) is 11.3 Å². The van der Waals surface area contributed by atoms with Gasteiger partial charge in [-0.05, 0) is 18.2 Å². The minimum Gasteiger partial charge on any atom is -0.508 e. The molecule has 0 bridgehead atoms. The van der Waals surface area contributed by atoms with E-state index >= 15 is 0 Å². The first-order valence-electron chi connectivity index (χ1n) is 6.96. The SMILES string of the molecule is COc1ccc(-c2nc(-c3c(O)cc(O)cc3O)cs2)cc1OC. The van der Waals surface area contributed by atoms with Gasteiger partial charge in [0.1, 0.15) is 22.3 Å². The van der Waals surface area contributed by atoms with E-state index in [1.54, 1.807) is 31.7 Å². The second kappa shape index (κ2) is 6.29. The Balaban J connectivity index is 2.03. The lowest BCUT2D eigenvalue weighted by atomic mass is 10.1. The van der Waals surface area contributed by atoms with Gasteiger partial charge in [0.05, 0.1) is 25.5 Å². The van der Waals surface area contributed by atoms with Gasteiger partial charge in [-0.25, -0.2) is 4.98 Å². The van der Waals surface area contributed by atoms with Gasteiger partial charge < -0.3 is 24.8 Å². The van der Waals surface area contributed by atoms with Crippen LogP contribution < -0.4 is 9.47 Å². The molecule has 0 spiro atoms.